The van der Waals surface area contributed by atoms with Crippen LogP contribution in [0.1, 0.15) is 19.2 Å². The van der Waals surface area contributed by atoms with Gasteiger partial charge in [-0.05, 0) is 31.7 Å². The molecule has 2 rings (SSSR count). The molecule has 21 heavy (non-hydrogen) atoms. The minimum Gasteiger partial charge on any atom is -0.354 e. The molecule has 1 aromatic carbocycles. The molecule has 1 unspecified atom stereocenters. The molecular formula is C15H22N4OS. The lowest BCUT2D eigenvalue weighted by molar-refractivity contribution is -0.121. The zero-order chi connectivity index (χ0) is 15.2. The highest BCUT2D eigenvalue weighted by atomic mass is 32.2. The molecule has 6 heteroatoms. The Morgan fingerprint density at radius 2 is 2.24 bits per heavy atom. The Hall–Kier alpha value is -1.53. The van der Waals surface area contributed by atoms with E-state index in [4.69, 9.17) is 5.73 Å². The van der Waals surface area contributed by atoms with Gasteiger partial charge in [0, 0.05) is 12.6 Å². The summed E-state index contributed by atoms with van der Waals surface area (Å²) >= 11 is 1.70. The molecule has 5 nitrogen and oxygen atoms in total. The van der Waals surface area contributed by atoms with Gasteiger partial charge in [-0.25, -0.2) is 4.98 Å². The quantitative estimate of drug-likeness (QED) is 0.817. The van der Waals surface area contributed by atoms with Crippen LogP contribution >= 0.6 is 11.8 Å². The normalized spacial score (nSPS) is 12.5. The number of carbonyl (C=O) groups is 1. The molecule has 3 N–H and O–H groups in total. The first kappa shape index (κ1) is 15.9. The van der Waals surface area contributed by atoms with Gasteiger partial charge in [-0.2, -0.15) is 11.8 Å². The smallest absolute Gasteiger partial charge is 0.240 e. The van der Waals surface area contributed by atoms with Crippen LogP contribution in [0.25, 0.3) is 11.0 Å². The van der Waals surface area contributed by atoms with Crippen molar-refractivity contribution in [2.75, 3.05) is 12.8 Å². The average Bonchev–Trinajstić information content (AvgIpc) is 2.77. The van der Waals surface area contributed by atoms with E-state index in [1.807, 2.05) is 42.0 Å². The molecule has 1 aromatic heterocycles. The third kappa shape index (κ3) is 4.22. The fourth-order valence-corrected chi connectivity index (χ4v) is 2.66. The SMILES string of the molecule is CSCc1nc2ccccc2n1CC(=O)NCCC(C)N. The van der Waals surface area contributed by atoms with Crippen molar-refractivity contribution in [2.45, 2.75) is 31.7 Å². The molecule has 0 saturated carbocycles. The molecule has 1 atom stereocenters. The predicted octanol–water partition coefficient (Wildman–Crippen LogP) is 1.75. The highest BCUT2D eigenvalue weighted by Crippen LogP contribution is 2.18. The highest BCUT2D eigenvalue weighted by Gasteiger charge is 2.12. The van der Waals surface area contributed by atoms with Crippen molar-refractivity contribution in [3.63, 3.8) is 0 Å². The maximum atomic E-state index is 12.1. The number of nitrogens with two attached hydrogens (primary N) is 1. The van der Waals surface area contributed by atoms with Crippen LogP contribution in [0.5, 0.6) is 0 Å². The van der Waals surface area contributed by atoms with Crippen LogP contribution in [0.2, 0.25) is 0 Å². The number of para-hydroxylation sites is 2. The molecule has 2 aromatic rings. The van der Waals surface area contributed by atoms with E-state index in [2.05, 4.69) is 10.3 Å². The first-order valence-electron chi connectivity index (χ1n) is 7.07. The van der Waals surface area contributed by atoms with E-state index in [0.717, 1.165) is 29.0 Å². The molecule has 0 spiro atoms. The second-order valence-corrected chi connectivity index (χ2v) is 6.02. The number of amides is 1. The fraction of sp³-hybridized carbons (Fsp3) is 0.467. The van der Waals surface area contributed by atoms with Crippen LogP contribution in [-0.4, -0.2) is 34.3 Å². The van der Waals surface area contributed by atoms with Crippen LogP contribution in [0.4, 0.5) is 0 Å². The molecule has 0 aliphatic rings. The van der Waals surface area contributed by atoms with Gasteiger partial charge in [-0.1, -0.05) is 12.1 Å². The second kappa shape index (κ2) is 7.47. The van der Waals surface area contributed by atoms with Crippen molar-refractivity contribution in [3.05, 3.63) is 30.1 Å². The average molecular weight is 306 g/mol. The Bertz CT molecular complexity index is 609. The number of benzene rings is 1. The van der Waals surface area contributed by atoms with Crippen molar-refractivity contribution < 1.29 is 4.79 Å². The first-order valence-corrected chi connectivity index (χ1v) is 8.46. The Balaban J connectivity index is 2.12. The van der Waals surface area contributed by atoms with E-state index in [1.165, 1.54) is 0 Å². The van der Waals surface area contributed by atoms with Gasteiger partial charge in [0.15, 0.2) is 0 Å². The number of rotatable bonds is 7. The number of nitrogens with one attached hydrogen (secondary N) is 1. The van der Waals surface area contributed by atoms with Gasteiger partial charge >= 0.3 is 0 Å². The molecule has 1 amide bonds. The molecule has 0 aliphatic heterocycles. The van der Waals surface area contributed by atoms with E-state index in [-0.39, 0.29) is 11.9 Å². The highest BCUT2D eigenvalue weighted by molar-refractivity contribution is 7.97. The van der Waals surface area contributed by atoms with Crippen molar-refractivity contribution in [1.29, 1.82) is 0 Å². The number of nitrogens with zero attached hydrogens (tertiary/aromatic N) is 2. The van der Waals surface area contributed by atoms with Gasteiger partial charge in [0.25, 0.3) is 0 Å². The molecular weight excluding hydrogens is 284 g/mol. The number of aromatic nitrogens is 2. The Morgan fingerprint density at radius 1 is 1.48 bits per heavy atom. The molecule has 0 aliphatic carbocycles. The Morgan fingerprint density at radius 3 is 2.95 bits per heavy atom. The molecule has 0 saturated heterocycles. The number of fused-ring (bicyclic) bond motifs is 1. The molecule has 0 fully saturated rings. The summed E-state index contributed by atoms with van der Waals surface area (Å²) < 4.78 is 1.99. The summed E-state index contributed by atoms with van der Waals surface area (Å²) in [5, 5.41) is 2.91. The summed E-state index contributed by atoms with van der Waals surface area (Å²) in [5.74, 6) is 1.73. The topological polar surface area (TPSA) is 72.9 Å². The lowest BCUT2D eigenvalue weighted by atomic mass is 10.2. The van der Waals surface area contributed by atoms with Crippen LogP contribution in [0.15, 0.2) is 24.3 Å². The fourth-order valence-electron chi connectivity index (χ4n) is 2.18. The van der Waals surface area contributed by atoms with Crippen molar-refractivity contribution in [3.8, 4) is 0 Å². The lowest BCUT2D eigenvalue weighted by Crippen LogP contribution is -2.31. The monoisotopic (exact) mass is 306 g/mol. The number of thioether (sulfide) groups is 1. The second-order valence-electron chi connectivity index (χ2n) is 5.15. The number of carbonyl (C=O) groups excluding carboxylic acids is 1. The maximum Gasteiger partial charge on any atom is 0.240 e. The van der Waals surface area contributed by atoms with E-state index in [9.17, 15) is 4.79 Å². The van der Waals surface area contributed by atoms with Gasteiger partial charge in [0.1, 0.15) is 12.4 Å². The van der Waals surface area contributed by atoms with Gasteiger partial charge < -0.3 is 15.6 Å². The van der Waals surface area contributed by atoms with Gasteiger partial charge in [0.05, 0.1) is 16.8 Å². The van der Waals surface area contributed by atoms with Crippen molar-refractivity contribution >= 4 is 28.7 Å². The first-order chi connectivity index (χ1) is 10.1. The zero-order valence-corrected chi connectivity index (χ0v) is 13.3. The summed E-state index contributed by atoms with van der Waals surface area (Å²) in [6.45, 7) is 2.85. The van der Waals surface area contributed by atoms with Crippen LogP contribution < -0.4 is 11.1 Å². The lowest BCUT2D eigenvalue weighted by Gasteiger charge is -2.10. The summed E-state index contributed by atoms with van der Waals surface area (Å²) in [4.78, 5) is 16.7. The van der Waals surface area contributed by atoms with Gasteiger partial charge in [-0.3, -0.25) is 4.79 Å². The summed E-state index contributed by atoms with van der Waals surface area (Å²) in [7, 11) is 0. The van der Waals surface area contributed by atoms with E-state index >= 15 is 0 Å². The zero-order valence-electron chi connectivity index (χ0n) is 12.5. The van der Waals surface area contributed by atoms with Crippen molar-refractivity contribution in [1.82, 2.24) is 14.9 Å². The summed E-state index contributed by atoms with van der Waals surface area (Å²) in [6, 6.07) is 8.01. The molecule has 0 radical (unpaired) electrons. The number of imidazole rings is 1. The summed E-state index contributed by atoms with van der Waals surface area (Å²) in [6.07, 6.45) is 2.82. The largest absolute Gasteiger partial charge is 0.354 e. The van der Waals surface area contributed by atoms with E-state index in [1.54, 1.807) is 11.8 Å². The van der Waals surface area contributed by atoms with Crippen LogP contribution in [0, 0.1) is 0 Å². The predicted molar refractivity (Wildman–Crippen MR) is 88.2 cm³/mol. The minimum absolute atomic E-state index is 0.00107. The maximum absolute atomic E-state index is 12.1. The number of hydrogen-bond donors (Lipinski definition) is 2. The molecule has 1 heterocycles. The standard InChI is InChI=1S/C15H22N4OS/c1-11(16)7-8-17-15(20)9-19-13-6-4-3-5-12(13)18-14(19)10-21-2/h3-6,11H,7-10,16H2,1-2H3,(H,17,20). The number of hydrogen-bond acceptors (Lipinski definition) is 4. The van der Waals surface area contributed by atoms with Gasteiger partial charge in [-0.15, -0.1) is 0 Å². The minimum atomic E-state index is 0.00107. The summed E-state index contributed by atoms with van der Waals surface area (Å²) in [5.41, 5.74) is 7.62. The van der Waals surface area contributed by atoms with E-state index < -0.39 is 0 Å². The van der Waals surface area contributed by atoms with Gasteiger partial charge in [0.2, 0.25) is 5.91 Å². The Kier molecular flexibility index (Phi) is 5.64. The van der Waals surface area contributed by atoms with Crippen molar-refractivity contribution in [2.24, 2.45) is 5.73 Å². The Labute approximate surface area is 129 Å². The third-order valence-electron chi connectivity index (χ3n) is 3.23. The molecule has 0 bridgehead atoms. The van der Waals surface area contributed by atoms with Crippen LogP contribution in [-0.2, 0) is 17.1 Å². The van der Waals surface area contributed by atoms with Crippen LogP contribution in [0.3, 0.4) is 0 Å². The van der Waals surface area contributed by atoms with E-state index in [0.29, 0.717) is 13.1 Å². The third-order valence-corrected chi connectivity index (χ3v) is 3.78. The molecule has 114 valence electrons.